The molecule has 0 fully saturated rings. The van der Waals surface area contributed by atoms with Gasteiger partial charge in [0.05, 0.1) is 0 Å². The molecule has 0 amide bonds. The molecule has 0 saturated heterocycles. The molecular weight excluding hydrogens is 632 g/mol. The van der Waals surface area contributed by atoms with E-state index in [1.54, 1.807) is 10.6 Å². The summed E-state index contributed by atoms with van der Waals surface area (Å²) >= 11 is -0.826. The van der Waals surface area contributed by atoms with Gasteiger partial charge in [0, 0.05) is 0 Å². The van der Waals surface area contributed by atoms with Crippen LogP contribution in [0.1, 0.15) is 80.1 Å². The molecule has 0 N–H and O–H groups in total. The number of benzene rings is 2. The van der Waals surface area contributed by atoms with Crippen LogP contribution in [-0.2, 0) is 20.8 Å². The van der Waals surface area contributed by atoms with Crippen LogP contribution in [-0.4, -0.2) is 23.6 Å². The van der Waals surface area contributed by atoms with Crippen molar-refractivity contribution >= 4 is 65.0 Å². The molecule has 0 saturated carbocycles. The van der Waals surface area contributed by atoms with E-state index in [4.69, 9.17) is 17.0 Å². The Bertz CT molecular complexity index is 1100. The Balaban J connectivity index is 0.000000249. The van der Waals surface area contributed by atoms with Crippen molar-refractivity contribution in [2.45, 2.75) is 91.4 Å². The van der Waals surface area contributed by atoms with Crippen LogP contribution in [0.4, 0.5) is 0 Å². The summed E-state index contributed by atoms with van der Waals surface area (Å²) in [6.07, 6.45) is 10.8. The van der Waals surface area contributed by atoms with Crippen molar-refractivity contribution in [2.24, 2.45) is 0 Å². The Morgan fingerprint density at radius 3 is 1.51 bits per heavy atom. The standard InChI is InChI=1S/2C17H24P.2ClH.Zr/c1-5-13(3)18(14(4)6-2)17-11-15-9-7-8-10-16(15)12-17;1-3-5-11-18(12-6-4-2)17-13-15-9-7-8-10-16(15)14-17;;;/h7-14H,5-6H2,1-4H3;7-10,13-14H,3-6,11-12H2,1-2H3;2*1H;/q2*-1;;;+4/p-2. The zero-order valence-electron chi connectivity index (χ0n) is 24.9. The predicted molar refractivity (Wildman–Crippen MR) is 183 cm³/mol. The maximum atomic E-state index is 4.93. The zero-order valence-corrected chi connectivity index (χ0v) is 30.6. The summed E-state index contributed by atoms with van der Waals surface area (Å²) in [5.41, 5.74) is 1.65. The van der Waals surface area contributed by atoms with Crippen LogP contribution in [0.3, 0.4) is 0 Å². The monoisotopic (exact) mass is 678 g/mol. The quantitative estimate of drug-likeness (QED) is 0.103. The number of fused-ring (bicyclic) bond motifs is 2. The third kappa shape index (κ3) is 11.3. The summed E-state index contributed by atoms with van der Waals surface area (Å²) < 4.78 is 0. The molecule has 0 spiro atoms. The topological polar surface area (TPSA) is 0 Å². The number of rotatable bonds is 12. The van der Waals surface area contributed by atoms with Gasteiger partial charge in [-0.15, -0.1) is 80.7 Å². The molecular formula is C34H48Cl2P2Zr. The number of hydrogen-bond donors (Lipinski definition) is 0. The third-order valence-corrected chi connectivity index (χ3v) is 13.7. The Morgan fingerprint density at radius 1 is 0.692 bits per heavy atom. The van der Waals surface area contributed by atoms with E-state index in [1.807, 2.05) is 0 Å². The first-order valence-electron chi connectivity index (χ1n) is 14.7. The molecule has 0 aliphatic heterocycles. The number of hydrogen-bond acceptors (Lipinski definition) is 0. The SMILES string of the molecule is CCC(C)P(c1cc2ccccc2[cH-]1)C(C)CC.CCCCP(CCCC)c1cc2ccccc2[cH-]1.[Cl][Zr+2][Cl]. The Labute approximate surface area is 260 Å². The predicted octanol–water partition coefficient (Wildman–Crippen LogP) is 11.9. The first-order valence-corrected chi connectivity index (χ1v) is 24.3. The molecule has 2 unspecified atom stereocenters. The fraction of sp³-hybridized carbons (Fsp3) is 0.471. The number of unbranched alkanes of at least 4 members (excludes halogenated alkanes) is 2. The van der Waals surface area contributed by atoms with Gasteiger partial charge in [-0.25, -0.2) is 0 Å². The minimum absolute atomic E-state index is 0.0252. The minimum atomic E-state index is -0.826. The molecule has 0 aromatic heterocycles. The van der Waals surface area contributed by atoms with Gasteiger partial charge in [-0.2, -0.15) is 12.1 Å². The van der Waals surface area contributed by atoms with Crippen molar-refractivity contribution in [1.82, 2.24) is 0 Å². The summed E-state index contributed by atoms with van der Waals surface area (Å²) in [5, 5.41) is 8.90. The van der Waals surface area contributed by atoms with E-state index in [9.17, 15) is 0 Å². The summed E-state index contributed by atoms with van der Waals surface area (Å²) in [5.74, 6) is 0. The molecule has 0 radical (unpaired) electrons. The van der Waals surface area contributed by atoms with Gasteiger partial charge in [-0.3, -0.25) is 0 Å². The first kappa shape index (κ1) is 35.2. The van der Waals surface area contributed by atoms with Crippen molar-refractivity contribution < 1.29 is 20.8 Å². The number of halogens is 2. The fourth-order valence-electron chi connectivity index (χ4n) is 5.00. The summed E-state index contributed by atoms with van der Waals surface area (Å²) in [6, 6.07) is 27.3. The van der Waals surface area contributed by atoms with Crippen molar-refractivity contribution in [3.63, 3.8) is 0 Å². The normalized spacial score (nSPS) is 13.3. The average molecular weight is 681 g/mol. The van der Waals surface area contributed by atoms with Crippen molar-refractivity contribution in [3.8, 4) is 0 Å². The van der Waals surface area contributed by atoms with Crippen LogP contribution in [0.25, 0.3) is 21.5 Å². The molecule has 39 heavy (non-hydrogen) atoms. The second kappa shape index (κ2) is 20.0. The third-order valence-electron chi connectivity index (χ3n) is 7.56. The Morgan fingerprint density at radius 2 is 1.10 bits per heavy atom. The van der Waals surface area contributed by atoms with Crippen LogP contribution in [0.15, 0.2) is 72.8 Å². The van der Waals surface area contributed by atoms with Gasteiger partial charge in [0.15, 0.2) is 0 Å². The molecule has 4 aromatic rings. The molecule has 0 aliphatic rings. The van der Waals surface area contributed by atoms with Gasteiger partial charge in [0.25, 0.3) is 0 Å². The van der Waals surface area contributed by atoms with Crippen molar-refractivity contribution in [3.05, 3.63) is 72.8 Å². The Kier molecular flexibility index (Phi) is 18.0. The van der Waals surface area contributed by atoms with E-state index in [1.165, 1.54) is 72.4 Å². The van der Waals surface area contributed by atoms with Crippen LogP contribution in [0.2, 0.25) is 0 Å². The average Bonchev–Trinajstić information content (AvgIpc) is 3.58. The van der Waals surface area contributed by atoms with Crippen LogP contribution in [0, 0.1) is 0 Å². The Hall–Kier alpha value is -0.0169. The molecule has 0 nitrogen and oxygen atoms in total. The zero-order chi connectivity index (χ0) is 28.6. The van der Waals surface area contributed by atoms with Crippen LogP contribution >= 0.6 is 32.9 Å². The van der Waals surface area contributed by atoms with Gasteiger partial charge < -0.3 is 0 Å². The molecule has 212 valence electrons. The van der Waals surface area contributed by atoms with Gasteiger partial charge in [-0.1, -0.05) is 82.4 Å². The van der Waals surface area contributed by atoms with E-state index in [0.29, 0.717) is 0 Å². The molecule has 5 heteroatoms. The van der Waals surface area contributed by atoms with Gasteiger partial charge in [-0.05, 0) is 49.3 Å². The summed E-state index contributed by atoms with van der Waals surface area (Å²) in [7, 11) is 9.93. The van der Waals surface area contributed by atoms with E-state index >= 15 is 0 Å². The fourth-order valence-corrected chi connectivity index (χ4v) is 11.0. The summed E-state index contributed by atoms with van der Waals surface area (Å²) in [6.45, 7) is 14.1. The first-order chi connectivity index (χ1) is 18.9. The molecule has 0 bridgehead atoms. The van der Waals surface area contributed by atoms with E-state index in [0.717, 1.165) is 11.3 Å². The van der Waals surface area contributed by atoms with Crippen LogP contribution in [0.5, 0.6) is 0 Å². The van der Waals surface area contributed by atoms with Crippen LogP contribution < -0.4 is 10.6 Å². The van der Waals surface area contributed by atoms with Gasteiger partial charge in [0.1, 0.15) is 0 Å². The molecule has 4 rings (SSSR count). The van der Waals surface area contributed by atoms with Gasteiger partial charge >= 0.3 is 37.9 Å². The van der Waals surface area contributed by atoms with Gasteiger partial charge in [0.2, 0.25) is 0 Å². The second-order valence-corrected chi connectivity index (χ2v) is 19.7. The molecule has 4 aromatic carbocycles. The van der Waals surface area contributed by atoms with E-state index in [-0.39, 0.29) is 15.8 Å². The second-order valence-electron chi connectivity index (χ2n) is 10.4. The van der Waals surface area contributed by atoms with E-state index < -0.39 is 20.8 Å². The summed E-state index contributed by atoms with van der Waals surface area (Å²) in [4.78, 5) is 0. The molecule has 0 heterocycles. The molecule has 0 aliphatic carbocycles. The maximum absolute atomic E-state index is 4.93. The van der Waals surface area contributed by atoms with E-state index in [2.05, 4.69) is 114 Å². The molecule has 2 atom stereocenters. The van der Waals surface area contributed by atoms with Crippen molar-refractivity contribution in [2.75, 3.05) is 12.3 Å². The van der Waals surface area contributed by atoms with Crippen molar-refractivity contribution in [1.29, 1.82) is 0 Å².